The van der Waals surface area contributed by atoms with Gasteiger partial charge in [0.25, 0.3) is 0 Å². The maximum Gasteiger partial charge on any atom is 0.319 e. The topological polar surface area (TPSA) is 54.0 Å². The van der Waals surface area contributed by atoms with E-state index in [0.717, 1.165) is 27.3 Å². The second-order valence-electron chi connectivity index (χ2n) is 4.77. The Kier molecular flexibility index (Phi) is 4.37. The van der Waals surface area contributed by atoms with Crippen molar-refractivity contribution in [2.45, 2.75) is 33.1 Å². The van der Waals surface area contributed by atoms with Crippen LogP contribution in [0.25, 0.3) is 10.2 Å². The Morgan fingerprint density at radius 2 is 2.21 bits per heavy atom. The standard InChI is InChI=1S/C14H19N3OS/c1-4-7-15-14(18)16-10-5-6-11-12(8-10)19-13(17-11)9(2)3/h5-6,8-9H,4,7H2,1-3H3,(H2,15,16,18). The molecule has 19 heavy (non-hydrogen) atoms. The van der Waals surface area contributed by atoms with Crippen molar-refractivity contribution >= 4 is 33.3 Å². The Bertz CT molecular complexity index is 577. The third-order valence-corrected chi connectivity index (χ3v) is 4.01. The number of anilines is 1. The molecule has 4 nitrogen and oxygen atoms in total. The molecule has 0 bridgehead atoms. The van der Waals surface area contributed by atoms with Crippen molar-refractivity contribution in [1.29, 1.82) is 0 Å². The summed E-state index contributed by atoms with van der Waals surface area (Å²) in [4.78, 5) is 16.2. The van der Waals surface area contributed by atoms with Gasteiger partial charge in [-0.15, -0.1) is 11.3 Å². The highest BCUT2D eigenvalue weighted by Gasteiger charge is 2.08. The normalized spacial score (nSPS) is 10.9. The number of nitrogens with zero attached hydrogens (tertiary/aromatic N) is 1. The number of benzene rings is 1. The monoisotopic (exact) mass is 277 g/mol. The molecular weight excluding hydrogens is 258 g/mol. The number of carbonyl (C=O) groups is 1. The van der Waals surface area contributed by atoms with Crippen molar-refractivity contribution < 1.29 is 4.79 Å². The van der Waals surface area contributed by atoms with Gasteiger partial charge in [-0.3, -0.25) is 0 Å². The molecule has 0 aliphatic rings. The second kappa shape index (κ2) is 6.02. The summed E-state index contributed by atoms with van der Waals surface area (Å²) in [5.41, 5.74) is 1.80. The first-order valence-electron chi connectivity index (χ1n) is 6.55. The van der Waals surface area contributed by atoms with Gasteiger partial charge in [0, 0.05) is 18.2 Å². The number of hydrogen-bond acceptors (Lipinski definition) is 3. The van der Waals surface area contributed by atoms with E-state index in [0.29, 0.717) is 12.5 Å². The molecule has 0 spiro atoms. The molecule has 102 valence electrons. The summed E-state index contributed by atoms with van der Waals surface area (Å²) in [5.74, 6) is 0.432. The largest absolute Gasteiger partial charge is 0.338 e. The van der Waals surface area contributed by atoms with Crippen molar-refractivity contribution in [1.82, 2.24) is 10.3 Å². The van der Waals surface area contributed by atoms with Crippen LogP contribution in [0.3, 0.4) is 0 Å². The molecular formula is C14H19N3OS. The van der Waals surface area contributed by atoms with Gasteiger partial charge in [0.1, 0.15) is 0 Å². The lowest BCUT2D eigenvalue weighted by Gasteiger charge is -2.06. The number of fused-ring (bicyclic) bond motifs is 1. The summed E-state index contributed by atoms with van der Waals surface area (Å²) < 4.78 is 1.11. The molecule has 2 amide bonds. The fourth-order valence-electron chi connectivity index (χ4n) is 1.68. The van der Waals surface area contributed by atoms with Gasteiger partial charge in [-0.2, -0.15) is 0 Å². The van der Waals surface area contributed by atoms with Crippen molar-refractivity contribution in [2.75, 3.05) is 11.9 Å². The van der Waals surface area contributed by atoms with Gasteiger partial charge in [0.05, 0.1) is 15.2 Å². The number of urea groups is 1. The molecule has 2 N–H and O–H groups in total. The van der Waals surface area contributed by atoms with Gasteiger partial charge in [-0.1, -0.05) is 20.8 Å². The van der Waals surface area contributed by atoms with Crippen LogP contribution in [0.15, 0.2) is 18.2 Å². The Morgan fingerprint density at radius 1 is 1.42 bits per heavy atom. The van der Waals surface area contributed by atoms with Gasteiger partial charge < -0.3 is 10.6 Å². The van der Waals surface area contributed by atoms with Gasteiger partial charge in [-0.05, 0) is 24.6 Å². The summed E-state index contributed by atoms with van der Waals surface area (Å²) in [5, 5.41) is 6.75. The van der Waals surface area contributed by atoms with Crippen LogP contribution >= 0.6 is 11.3 Å². The Hall–Kier alpha value is -1.62. The Balaban J connectivity index is 2.14. The minimum atomic E-state index is -0.158. The zero-order valence-electron chi connectivity index (χ0n) is 11.5. The van der Waals surface area contributed by atoms with E-state index in [1.807, 2.05) is 25.1 Å². The van der Waals surface area contributed by atoms with Crippen LogP contribution in [-0.2, 0) is 0 Å². The lowest BCUT2D eigenvalue weighted by molar-refractivity contribution is 0.252. The van der Waals surface area contributed by atoms with E-state index in [9.17, 15) is 4.79 Å². The summed E-state index contributed by atoms with van der Waals surface area (Å²) in [6, 6.07) is 5.66. The zero-order valence-corrected chi connectivity index (χ0v) is 12.3. The summed E-state index contributed by atoms with van der Waals surface area (Å²) in [6.45, 7) is 6.98. The number of hydrogen-bond donors (Lipinski definition) is 2. The Labute approximate surface area is 117 Å². The predicted octanol–water partition coefficient (Wildman–Crippen LogP) is 3.95. The van der Waals surface area contributed by atoms with Crippen LogP contribution in [-0.4, -0.2) is 17.6 Å². The van der Waals surface area contributed by atoms with E-state index in [1.54, 1.807) is 11.3 Å². The van der Waals surface area contributed by atoms with E-state index in [1.165, 1.54) is 0 Å². The first kappa shape index (κ1) is 13.8. The highest BCUT2D eigenvalue weighted by atomic mass is 32.1. The van der Waals surface area contributed by atoms with Crippen LogP contribution in [0.5, 0.6) is 0 Å². The number of rotatable bonds is 4. The number of carbonyl (C=O) groups excluding carboxylic acids is 1. The second-order valence-corrected chi connectivity index (χ2v) is 5.83. The average molecular weight is 277 g/mol. The van der Waals surface area contributed by atoms with Gasteiger partial charge in [-0.25, -0.2) is 9.78 Å². The molecule has 0 aliphatic heterocycles. The SMILES string of the molecule is CCCNC(=O)Nc1ccc2nc(C(C)C)sc2c1. The molecule has 0 unspecified atom stereocenters. The average Bonchev–Trinajstić information content (AvgIpc) is 2.79. The molecule has 2 rings (SSSR count). The maximum absolute atomic E-state index is 11.6. The highest BCUT2D eigenvalue weighted by Crippen LogP contribution is 2.29. The molecule has 5 heteroatoms. The lowest BCUT2D eigenvalue weighted by atomic mass is 10.2. The van der Waals surface area contributed by atoms with Crippen LogP contribution < -0.4 is 10.6 Å². The van der Waals surface area contributed by atoms with E-state index < -0.39 is 0 Å². The van der Waals surface area contributed by atoms with Crippen LogP contribution in [0, 0.1) is 0 Å². The number of nitrogens with one attached hydrogen (secondary N) is 2. The molecule has 0 atom stereocenters. The molecule has 0 saturated carbocycles. The number of aromatic nitrogens is 1. The minimum Gasteiger partial charge on any atom is -0.338 e. The highest BCUT2D eigenvalue weighted by molar-refractivity contribution is 7.18. The number of thiazole rings is 1. The molecule has 0 aliphatic carbocycles. The fraction of sp³-hybridized carbons (Fsp3) is 0.429. The van der Waals surface area contributed by atoms with E-state index in [2.05, 4.69) is 29.5 Å². The first-order chi connectivity index (χ1) is 9.10. The molecule has 1 aromatic heterocycles. The van der Waals surface area contributed by atoms with Crippen molar-refractivity contribution in [3.8, 4) is 0 Å². The van der Waals surface area contributed by atoms with E-state index in [4.69, 9.17) is 0 Å². The number of amides is 2. The molecule has 0 radical (unpaired) electrons. The van der Waals surface area contributed by atoms with Crippen LogP contribution in [0.2, 0.25) is 0 Å². The third-order valence-electron chi connectivity index (χ3n) is 2.69. The van der Waals surface area contributed by atoms with E-state index >= 15 is 0 Å². The van der Waals surface area contributed by atoms with Crippen LogP contribution in [0.1, 0.15) is 38.1 Å². The smallest absolute Gasteiger partial charge is 0.319 e. The fourth-order valence-corrected chi connectivity index (χ4v) is 2.69. The quantitative estimate of drug-likeness (QED) is 0.889. The lowest BCUT2D eigenvalue weighted by Crippen LogP contribution is -2.29. The minimum absolute atomic E-state index is 0.158. The third kappa shape index (κ3) is 3.44. The van der Waals surface area contributed by atoms with Crippen molar-refractivity contribution in [3.63, 3.8) is 0 Å². The summed E-state index contributed by atoms with van der Waals surface area (Å²) >= 11 is 1.68. The molecule has 2 aromatic rings. The summed E-state index contributed by atoms with van der Waals surface area (Å²) in [6.07, 6.45) is 0.930. The molecule has 1 heterocycles. The van der Waals surface area contributed by atoms with Crippen molar-refractivity contribution in [3.05, 3.63) is 23.2 Å². The zero-order chi connectivity index (χ0) is 13.8. The maximum atomic E-state index is 11.6. The Morgan fingerprint density at radius 3 is 2.89 bits per heavy atom. The van der Waals surface area contributed by atoms with Gasteiger partial charge in [0.15, 0.2) is 0 Å². The van der Waals surface area contributed by atoms with E-state index in [-0.39, 0.29) is 6.03 Å². The van der Waals surface area contributed by atoms with Crippen LogP contribution in [0.4, 0.5) is 10.5 Å². The van der Waals surface area contributed by atoms with Gasteiger partial charge in [0.2, 0.25) is 0 Å². The van der Waals surface area contributed by atoms with Crippen molar-refractivity contribution in [2.24, 2.45) is 0 Å². The van der Waals surface area contributed by atoms with Gasteiger partial charge >= 0.3 is 6.03 Å². The molecule has 0 saturated heterocycles. The molecule has 0 fully saturated rings. The predicted molar refractivity (Wildman–Crippen MR) is 81.0 cm³/mol. The first-order valence-corrected chi connectivity index (χ1v) is 7.37. The molecule has 1 aromatic carbocycles. The summed E-state index contributed by atoms with van der Waals surface area (Å²) in [7, 11) is 0.